The molecule has 2 fully saturated rings. The van der Waals surface area contributed by atoms with Crippen molar-refractivity contribution < 1.29 is 4.79 Å². The third kappa shape index (κ3) is 2.82. The molecule has 2 aliphatic rings. The van der Waals surface area contributed by atoms with E-state index >= 15 is 0 Å². The summed E-state index contributed by atoms with van der Waals surface area (Å²) in [5.74, 6) is 0.186. The Balaban J connectivity index is 1.45. The molecule has 6 nitrogen and oxygen atoms in total. The highest BCUT2D eigenvalue weighted by molar-refractivity contribution is 5.96. The van der Waals surface area contributed by atoms with Crippen molar-refractivity contribution in [3.63, 3.8) is 0 Å². The van der Waals surface area contributed by atoms with E-state index in [0.29, 0.717) is 6.42 Å². The van der Waals surface area contributed by atoms with Gasteiger partial charge in [0.05, 0.1) is 18.1 Å². The van der Waals surface area contributed by atoms with Crippen LogP contribution in [0.25, 0.3) is 0 Å². The molecule has 4 rings (SSSR count). The fourth-order valence-corrected chi connectivity index (χ4v) is 3.74. The first kappa shape index (κ1) is 14.3. The maximum Gasteiger partial charge on any atom is 0.227 e. The average molecular weight is 309 g/mol. The smallest absolute Gasteiger partial charge is 0.227 e. The van der Waals surface area contributed by atoms with E-state index in [1.165, 1.54) is 11.9 Å². The molecule has 23 heavy (non-hydrogen) atoms. The van der Waals surface area contributed by atoms with E-state index in [1.807, 2.05) is 17.3 Å². The van der Waals surface area contributed by atoms with Gasteiger partial charge in [-0.15, -0.1) is 0 Å². The van der Waals surface area contributed by atoms with E-state index in [4.69, 9.17) is 0 Å². The zero-order valence-electron chi connectivity index (χ0n) is 12.9. The van der Waals surface area contributed by atoms with E-state index < -0.39 is 0 Å². The van der Waals surface area contributed by atoms with Crippen LogP contribution in [0.3, 0.4) is 0 Å². The Kier molecular flexibility index (Phi) is 3.53. The minimum absolute atomic E-state index is 0.0694. The second-order valence-electron chi connectivity index (χ2n) is 6.57. The molecule has 1 spiro atoms. The number of carbonyl (C=O) groups is 1. The molecular weight excluding hydrogens is 290 g/mol. The molecule has 4 heterocycles. The SMILES string of the molecule is O=C1CC2(CCN(Cc3ccncc3)C2)CN1c1cncnc1. The van der Waals surface area contributed by atoms with Crippen molar-refractivity contribution in [2.45, 2.75) is 19.4 Å². The first-order valence-corrected chi connectivity index (χ1v) is 7.91. The van der Waals surface area contributed by atoms with Crippen molar-refractivity contribution in [2.75, 3.05) is 24.5 Å². The molecule has 0 aliphatic carbocycles. The summed E-state index contributed by atoms with van der Waals surface area (Å²) in [5.41, 5.74) is 2.15. The number of likely N-dealkylation sites (tertiary alicyclic amines) is 1. The van der Waals surface area contributed by atoms with Gasteiger partial charge in [-0.05, 0) is 30.7 Å². The van der Waals surface area contributed by atoms with E-state index in [-0.39, 0.29) is 11.3 Å². The quantitative estimate of drug-likeness (QED) is 0.860. The van der Waals surface area contributed by atoms with Crippen LogP contribution in [0.2, 0.25) is 0 Å². The Morgan fingerprint density at radius 2 is 1.87 bits per heavy atom. The van der Waals surface area contributed by atoms with Gasteiger partial charge in [0.1, 0.15) is 6.33 Å². The molecule has 1 atom stereocenters. The van der Waals surface area contributed by atoms with Crippen LogP contribution in [0.1, 0.15) is 18.4 Å². The topological polar surface area (TPSA) is 62.2 Å². The first-order valence-electron chi connectivity index (χ1n) is 7.91. The van der Waals surface area contributed by atoms with Crippen molar-refractivity contribution in [2.24, 2.45) is 5.41 Å². The predicted molar refractivity (Wildman–Crippen MR) is 85.6 cm³/mol. The van der Waals surface area contributed by atoms with Crippen LogP contribution in [0.15, 0.2) is 43.2 Å². The van der Waals surface area contributed by atoms with Crippen molar-refractivity contribution in [3.05, 3.63) is 48.8 Å². The Labute approximate surface area is 135 Å². The van der Waals surface area contributed by atoms with Crippen LogP contribution in [0, 0.1) is 5.41 Å². The third-order valence-corrected chi connectivity index (χ3v) is 4.85. The summed E-state index contributed by atoms with van der Waals surface area (Å²) in [7, 11) is 0. The molecule has 2 aliphatic heterocycles. The van der Waals surface area contributed by atoms with Gasteiger partial charge in [-0.25, -0.2) is 9.97 Å². The van der Waals surface area contributed by atoms with Gasteiger partial charge >= 0.3 is 0 Å². The van der Waals surface area contributed by atoms with Crippen LogP contribution >= 0.6 is 0 Å². The molecule has 1 amide bonds. The molecule has 6 heteroatoms. The Morgan fingerprint density at radius 1 is 1.09 bits per heavy atom. The van der Waals surface area contributed by atoms with E-state index in [2.05, 4.69) is 32.0 Å². The van der Waals surface area contributed by atoms with Gasteiger partial charge in [0.15, 0.2) is 0 Å². The summed E-state index contributed by atoms with van der Waals surface area (Å²) in [6.45, 7) is 3.69. The van der Waals surface area contributed by atoms with Crippen LogP contribution in [0.5, 0.6) is 0 Å². The average Bonchev–Trinajstić information content (AvgIpc) is 3.12. The minimum atomic E-state index is 0.0694. The molecule has 1 unspecified atom stereocenters. The summed E-state index contributed by atoms with van der Waals surface area (Å²) >= 11 is 0. The van der Waals surface area contributed by atoms with Crippen LogP contribution in [0.4, 0.5) is 5.69 Å². The number of rotatable bonds is 3. The van der Waals surface area contributed by atoms with Gasteiger partial charge in [0, 0.05) is 43.9 Å². The van der Waals surface area contributed by atoms with E-state index in [0.717, 1.165) is 38.3 Å². The van der Waals surface area contributed by atoms with Gasteiger partial charge in [0.2, 0.25) is 5.91 Å². The molecular formula is C17H19N5O. The summed E-state index contributed by atoms with van der Waals surface area (Å²) in [6, 6.07) is 4.11. The fourth-order valence-electron chi connectivity index (χ4n) is 3.74. The molecule has 0 aromatic carbocycles. The highest BCUT2D eigenvalue weighted by atomic mass is 16.2. The van der Waals surface area contributed by atoms with Crippen molar-refractivity contribution in [1.82, 2.24) is 19.9 Å². The van der Waals surface area contributed by atoms with Crippen LogP contribution < -0.4 is 4.90 Å². The largest absolute Gasteiger partial charge is 0.309 e. The van der Waals surface area contributed by atoms with Crippen LogP contribution in [-0.4, -0.2) is 45.4 Å². The van der Waals surface area contributed by atoms with Gasteiger partial charge in [-0.3, -0.25) is 14.7 Å². The maximum absolute atomic E-state index is 12.4. The third-order valence-electron chi connectivity index (χ3n) is 4.85. The van der Waals surface area contributed by atoms with Gasteiger partial charge in [-0.2, -0.15) is 0 Å². The standard InChI is InChI=1S/C17H19N5O/c23-16-7-17(12-22(16)15-8-19-13-20-9-15)3-6-21(11-17)10-14-1-4-18-5-2-14/h1-2,4-5,8-9,13H,3,6-7,10-12H2. The lowest BCUT2D eigenvalue weighted by Gasteiger charge is -2.24. The molecule has 0 bridgehead atoms. The lowest BCUT2D eigenvalue weighted by molar-refractivity contribution is -0.117. The van der Waals surface area contributed by atoms with E-state index in [1.54, 1.807) is 12.4 Å². The maximum atomic E-state index is 12.4. The number of carbonyl (C=O) groups excluding carboxylic acids is 1. The molecule has 0 saturated carbocycles. The molecule has 0 N–H and O–H groups in total. The monoisotopic (exact) mass is 309 g/mol. The second kappa shape index (κ2) is 5.70. The molecule has 2 aromatic heterocycles. The number of hydrogen-bond donors (Lipinski definition) is 0. The summed E-state index contributed by atoms with van der Waals surface area (Å²) < 4.78 is 0. The van der Waals surface area contributed by atoms with Gasteiger partial charge < -0.3 is 4.90 Å². The minimum Gasteiger partial charge on any atom is -0.309 e. The highest BCUT2D eigenvalue weighted by Crippen LogP contribution is 2.41. The number of hydrogen-bond acceptors (Lipinski definition) is 5. The van der Waals surface area contributed by atoms with Gasteiger partial charge in [0.25, 0.3) is 0 Å². The lowest BCUT2D eigenvalue weighted by atomic mass is 9.86. The van der Waals surface area contributed by atoms with E-state index in [9.17, 15) is 4.79 Å². The number of amides is 1. The molecule has 2 aromatic rings. The lowest BCUT2D eigenvalue weighted by Crippen LogP contribution is -2.31. The zero-order valence-corrected chi connectivity index (χ0v) is 12.9. The van der Waals surface area contributed by atoms with Crippen molar-refractivity contribution in [3.8, 4) is 0 Å². The Morgan fingerprint density at radius 3 is 2.65 bits per heavy atom. The molecule has 0 radical (unpaired) electrons. The molecule has 2 saturated heterocycles. The van der Waals surface area contributed by atoms with Crippen molar-refractivity contribution in [1.29, 1.82) is 0 Å². The highest BCUT2D eigenvalue weighted by Gasteiger charge is 2.47. The zero-order chi connectivity index (χ0) is 15.7. The van der Waals surface area contributed by atoms with Crippen LogP contribution in [-0.2, 0) is 11.3 Å². The summed E-state index contributed by atoms with van der Waals surface area (Å²) in [5, 5.41) is 0. The van der Waals surface area contributed by atoms with Crippen molar-refractivity contribution >= 4 is 11.6 Å². The summed E-state index contributed by atoms with van der Waals surface area (Å²) in [4.78, 5) is 28.8. The first-order chi connectivity index (χ1) is 11.2. The Hall–Kier alpha value is -2.34. The number of pyridine rings is 1. The number of anilines is 1. The normalized spacial score (nSPS) is 24.7. The second-order valence-corrected chi connectivity index (χ2v) is 6.57. The molecule has 118 valence electrons. The number of aromatic nitrogens is 3. The predicted octanol–water partition coefficient (Wildman–Crippen LogP) is 1.50. The fraction of sp³-hybridized carbons (Fsp3) is 0.412. The number of nitrogens with zero attached hydrogens (tertiary/aromatic N) is 5. The summed E-state index contributed by atoms with van der Waals surface area (Å²) in [6.07, 6.45) is 10.3. The van der Waals surface area contributed by atoms with Gasteiger partial charge in [-0.1, -0.05) is 0 Å². The Bertz CT molecular complexity index is 693.